The number of carbonyl (C=O) groups excluding carboxylic acids is 1. The summed E-state index contributed by atoms with van der Waals surface area (Å²) >= 11 is 6.13. The number of hydrogen-bond acceptors (Lipinski definition) is 5. The Morgan fingerprint density at radius 3 is 2.45 bits per heavy atom. The second-order valence-corrected chi connectivity index (χ2v) is 7.13. The lowest BCUT2D eigenvalue weighted by Crippen LogP contribution is -2.36. The molecule has 3 aromatic rings. The zero-order chi connectivity index (χ0) is 20.1. The molecule has 1 amide bonds. The topological polar surface area (TPSA) is 67.4 Å². The molecular formula is C22H21ClN4O2. The number of amides is 1. The Bertz CT molecular complexity index is 971. The Kier molecular flexibility index (Phi) is 6.03. The maximum Gasteiger partial charge on any atom is 0.251 e. The molecule has 1 N–H and O–H groups in total. The molecule has 7 heteroatoms. The van der Waals surface area contributed by atoms with Crippen molar-refractivity contribution in [1.29, 1.82) is 0 Å². The lowest BCUT2D eigenvalue weighted by atomic mass is 10.1. The maximum absolute atomic E-state index is 12.4. The van der Waals surface area contributed by atoms with Gasteiger partial charge in [0.2, 0.25) is 0 Å². The minimum absolute atomic E-state index is 0.148. The normalized spacial score (nSPS) is 13.9. The molecule has 0 aliphatic carbocycles. The van der Waals surface area contributed by atoms with E-state index in [1.165, 1.54) is 0 Å². The highest BCUT2D eigenvalue weighted by Gasteiger charge is 2.13. The largest absolute Gasteiger partial charge is 0.378 e. The number of hydrogen-bond donors (Lipinski definition) is 1. The van der Waals surface area contributed by atoms with Crippen LogP contribution >= 0.6 is 11.6 Å². The summed E-state index contributed by atoms with van der Waals surface area (Å²) in [7, 11) is 0. The molecule has 1 aliphatic rings. The van der Waals surface area contributed by atoms with Gasteiger partial charge in [-0.3, -0.25) is 4.79 Å². The van der Waals surface area contributed by atoms with Gasteiger partial charge in [0, 0.05) is 35.8 Å². The standard InChI is InChI=1S/C22H21ClN4O2/c23-19-4-2-1-3-18(19)15-24-22(28)17-7-5-16(6-8-17)20-9-10-21(26-25-20)27-11-13-29-14-12-27/h1-10H,11-15H2,(H,24,28). The first kappa shape index (κ1) is 19.4. The quantitative estimate of drug-likeness (QED) is 0.699. The number of nitrogens with zero attached hydrogens (tertiary/aromatic N) is 3. The Balaban J connectivity index is 1.39. The molecule has 1 aliphatic heterocycles. The van der Waals surface area contributed by atoms with Crippen LogP contribution < -0.4 is 10.2 Å². The molecule has 0 radical (unpaired) electrons. The van der Waals surface area contributed by atoms with Gasteiger partial charge in [-0.2, -0.15) is 0 Å². The second-order valence-electron chi connectivity index (χ2n) is 6.73. The van der Waals surface area contributed by atoms with E-state index in [-0.39, 0.29) is 5.91 Å². The molecule has 1 fully saturated rings. The van der Waals surface area contributed by atoms with Crippen LogP contribution in [0.2, 0.25) is 5.02 Å². The number of nitrogens with one attached hydrogen (secondary N) is 1. The molecule has 2 aromatic carbocycles. The highest BCUT2D eigenvalue weighted by atomic mass is 35.5. The summed E-state index contributed by atoms with van der Waals surface area (Å²) in [6.45, 7) is 3.46. The molecule has 1 aromatic heterocycles. The van der Waals surface area contributed by atoms with Crippen LogP contribution in [0.5, 0.6) is 0 Å². The first-order valence-electron chi connectivity index (χ1n) is 9.49. The van der Waals surface area contributed by atoms with Crippen molar-refractivity contribution in [2.24, 2.45) is 0 Å². The second kappa shape index (κ2) is 9.03. The highest BCUT2D eigenvalue weighted by molar-refractivity contribution is 6.31. The fourth-order valence-electron chi connectivity index (χ4n) is 3.15. The number of anilines is 1. The molecule has 148 valence electrons. The minimum atomic E-state index is -0.148. The van der Waals surface area contributed by atoms with E-state index in [2.05, 4.69) is 20.4 Å². The molecule has 1 saturated heterocycles. The van der Waals surface area contributed by atoms with Crippen molar-refractivity contribution in [2.75, 3.05) is 31.2 Å². The molecular weight excluding hydrogens is 388 g/mol. The van der Waals surface area contributed by atoms with E-state index in [0.717, 1.165) is 35.7 Å². The zero-order valence-electron chi connectivity index (χ0n) is 15.8. The monoisotopic (exact) mass is 408 g/mol. The van der Waals surface area contributed by atoms with Crippen LogP contribution in [-0.4, -0.2) is 42.4 Å². The predicted molar refractivity (Wildman–Crippen MR) is 113 cm³/mol. The van der Waals surface area contributed by atoms with Crippen LogP contribution in [0.4, 0.5) is 5.82 Å². The van der Waals surface area contributed by atoms with Gasteiger partial charge in [0.05, 0.1) is 18.9 Å². The third kappa shape index (κ3) is 4.72. The van der Waals surface area contributed by atoms with Gasteiger partial charge in [-0.1, -0.05) is 41.9 Å². The van der Waals surface area contributed by atoms with Crippen LogP contribution in [0, 0.1) is 0 Å². The van der Waals surface area contributed by atoms with Crippen molar-refractivity contribution in [1.82, 2.24) is 15.5 Å². The van der Waals surface area contributed by atoms with E-state index in [1.54, 1.807) is 12.1 Å². The number of morpholine rings is 1. The van der Waals surface area contributed by atoms with Gasteiger partial charge in [-0.25, -0.2) is 0 Å². The van der Waals surface area contributed by atoms with Gasteiger partial charge in [-0.05, 0) is 35.9 Å². The van der Waals surface area contributed by atoms with Crippen molar-refractivity contribution in [3.8, 4) is 11.3 Å². The number of benzene rings is 2. The van der Waals surface area contributed by atoms with E-state index in [1.807, 2.05) is 48.5 Å². The third-order valence-corrected chi connectivity index (χ3v) is 5.19. The smallest absolute Gasteiger partial charge is 0.251 e. The van der Waals surface area contributed by atoms with Crippen LogP contribution in [0.1, 0.15) is 15.9 Å². The summed E-state index contributed by atoms with van der Waals surface area (Å²) in [4.78, 5) is 14.6. The summed E-state index contributed by atoms with van der Waals surface area (Å²) in [6.07, 6.45) is 0. The summed E-state index contributed by atoms with van der Waals surface area (Å²) in [5.41, 5.74) is 3.15. The average molecular weight is 409 g/mol. The number of aromatic nitrogens is 2. The van der Waals surface area contributed by atoms with Crippen molar-refractivity contribution in [3.05, 3.63) is 76.8 Å². The van der Waals surface area contributed by atoms with Gasteiger partial charge >= 0.3 is 0 Å². The summed E-state index contributed by atoms with van der Waals surface area (Å²) < 4.78 is 5.36. The van der Waals surface area contributed by atoms with Crippen molar-refractivity contribution < 1.29 is 9.53 Å². The molecule has 4 rings (SSSR count). The molecule has 2 heterocycles. The number of rotatable bonds is 5. The first-order chi connectivity index (χ1) is 14.2. The lowest BCUT2D eigenvalue weighted by Gasteiger charge is -2.27. The highest BCUT2D eigenvalue weighted by Crippen LogP contribution is 2.20. The maximum atomic E-state index is 12.4. The Labute approximate surface area is 174 Å². The molecule has 0 spiro atoms. The first-order valence-corrected chi connectivity index (χ1v) is 9.87. The van der Waals surface area contributed by atoms with Gasteiger partial charge in [0.1, 0.15) is 0 Å². The van der Waals surface area contributed by atoms with E-state index in [9.17, 15) is 4.79 Å². The Morgan fingerprint density at radius 2 is 1.76 bits per heavy atom. The molecule has 0 unspecified atom stereocenters. The molecule has 0 saturated carbocycles. The van der Waals surface area contributed by atoms with Gasteiger partial charge in [0.15, 0.2) is 5.82 Å². The van der Waals surface area contributed by atoms with Crippen LogP contribution in [0.3, 0.4) is 0 Å². The van der Waals surface area contributed by atoms with Gasteiger partial charge in [0.25, 0.3) is 5.91 Å². The molecule has 0 atom stereocenters. The van der Waals surface area contributed by atoms with Crippen LogP contribution in [0.25, 0.3) is 11.3 Å². The summed E-state index contributed by atoms with van der Waals surface area (Å²) in [5, 5.41) is 12.2. The van der Waals surface area contributed by atoms with Crippen LogP contribution in [-0.2, 0) is 11.3 Å². The third-order valence-electron chi connectivity index (χ3n) is 4.83. The summed E-state index contributed by atoms with van der Waals surface area (Å²) in [5.74, 6) is 0.706. The SMILES string of the molecule is O=C(NCc1ccccc1Cl)c1ccc(-c2ccc(N3CCOCC3)nn2)cc1. The molecule has 29 heavy (non-hydrogen) atoms. The van der Waals surface area contributed by atoms with E-state index in [4.69, 9.17) is 16.3 Å². The number of ether oxygens (including phenoxy) is 1. The molecule has 6 nitrogen and oxygen atoms in total. The fourth-order valence-corrected chi connectivity index (χ4v) is 3.35. The average Bonchev–Trinajstić information content (AvgIpc) is 2.79. The number of carbonyl (C=O) groups is 1. The summed E-state index contributed by atoms with van der Waals surface area (Å²) in [6, 6.07) is 18.7. The van der Waals surface area contributed by atoms with Gasteiger partial charge < -0.3 is 15.0 Å². The van der Waals surface area contributed by atoms with Crippen molar-refractivity contribution in [3.63, 3.8) is 0 Å². The zero-order valence-corrected chi connectivity index (χ0v) is 16.6. The fraction of sp³-hybridized carbons (Fsp3) is 0.227. The van der Waals surface area contributed by atoms with E-state index in [0.29, 0.717) is 30.3 Å². The Morgan fingerprint density at radius 1 is 1.00 bits per heavy atom. The lowest BCUT2D eigenvalue weighted by molar-refractivity contribution is 0.0951. The minimum Gasteiger partial charge on any atom is -0.378 e. The molecule has 0 bridgehead atoms. The van der Waals surface area contributed by atoms with Gasteiger partial charge in [-0.15, -0.1) is 10.2 Å². The number of halogens is 1. The van der Waals surface area contributed by atoms with Crippen molar-refractivity contribution >= 4 is 23.3 Å². The van der Waals surface area contributed by atoms with Crippen LogP contribution in [0.15, 0.2) is 60.7 Å². The Hall–Kier alpha value is -2.96. The van der Waals surface area contributed by atoms with Crippen molar-refractivity contribution in [2.45, 2.75) is 6.54 Å². The predicted octanol–water partition coefficient (Wildman–Crippen LogP) is 3.56. The van der Waals surface area contributed by atoms with E-state index >= 15 is 0 Å². The van der Waals surface area contributed by atoms with E-state index < -0.39 is 0 Å².